The topological polar surface area (TPSA) is 74.1 Å². The molecule has 0 aromatic heterocycles. The van der Waals surface area contributed by atoms with Gasteiger partial charge in [0, 0.05) is 5.56 Å². The number of aliphatic imine (C=N–C) groups is 2. The number of amides is 2. The van der Waals surface area contributed by atoms with Crippen molar-refractivity contribution in [1.29, 1.82) is 0 Å². The first-order valence-corrected chi connectivity index (χ1v) is 9.68. The fourth-order valence-electron chi connectivity index (χ4n) is 2.85. The number of amidine groups is 2. The highest BCUT2D eigenvalue weighted by Gasteiger charge is 2.39. The van der Waals surface area contributed by atoms with Gasteiger partial charge >= 0.3 is 0 Å². The van der Waals surface area contributed by atoms with Gasteiger partial charge in [-0.05, 0) is 31.2 Å². The number of hydrogen-bond acceptors (Lipinski definition) is 5. The summed E-state index contributed by atoms with van der Waals surface area (Å²) >= 11 is 7.26. The molecule has 27 heavy (non-hydrogen) atoms. The maximum absolute atomic E-state index is 12.5. The number of hydrogen-bond donors (Lipinski definition) is 1. The van der Waals surface area contributed by atoms with Crippen molar-refractivity contribution in [3.05, 3.63) is 59.1 Å². The van der Waals surface area contributed by atoms with Crippen LogP contribution in [0.25, 0.3) is 0 Å². The second-order valence-electron chi connectivity index (χ2n) is 6.03. The summed E-state index contributed by atoms with van der Waals surface area (Å²) in [6.07, 6.45) is 0. The molecule has 6 nitrogen and oxygen atoms in total. The average molecular weight is 399 g/mol. The lowest BCUT2D eigenvalue weighted by atomic mass is 10.1. The van der Waals surface area contributed by atoms with Crippen molar-refractivity contribution in [1.82, 2.24) is 4.90 Å². The van der Waals surface area contributed by atoms with Gasteiger partial charge in [-0.25, -0.2) is 9.89 Å². The van der Waals surface area contributed by atoms with E-state index in [1.54, 1.807) is 31.2 Å². The van der Waals surface area contributed by atoms with E-state index >= 15 is 0 Å². The van der Waals surface area contributed by atoms with Gasteiger partial charge in [0.05, 0.1) is 22.2 Å². The Kier molecular flexibility index (Phi) is 4.72. The molecule has 1 atom stereocenters. The Morgan fingerprint density at radius 2 is 1.96 bits per heavy atom. The minimum Gasteiger partial charge on any atom is -0.324 e. The lowest BCUT2D eigenvalue weighted by Gasteiger charge is -2.25. The van der Waals surface area contributed by atoms with Gasteiger partial charge < -0.3 is 5.32 Å². The molecule has 2 aromatic rings. The average Bonchev–Trinajstić information content (AvgIpc) is 2.97. The van der Waals surface area contributed by atoms with Crippen LogP contribution >= 0.6 is 23.4 Å². The number of anilines is 1. The number of carbonyl (C=O) groups excluding carboxylic acids is 2. The standard InChI is InChI=1S/C19H15ClN4O2S/c1-11-18(26)24-17(21-11)12-6-2-4-8-14(12)23-19(24)27-10-16(25)22-15-9-5-3-7-13(15)20/h2-9,11H,10H2,1H3,(H,22,25). The van der Waals surface area contributed by atoms with Crippen molar-refractivity contribution in [2.75, 3.05) is 11.1 Å². The van der Waals surface area contributed by atoms with Crippen molar-refractivity contribution < 1.29 is 9.59 Å². The Labute approximate surface area is 165 Å². The summed E-state index contributed by atoms with van der Waals surface area (Å²) in [7, 11) is 0. The van der Waals surface area contributed by atoms with Gasteiger partial charge in [0.2, 0.25) is 5.91 Å². The molecule has 2 aliphatic heterocycles. The van der Waals surface area contributed by atoms with E-state index in [9.17, 15) is 9.59 Å². The van der Waals surface area contributed by atoms with Gasteiger partial charge in [-0.3, -0.25) is 14.6 Å². The number of para-hydroxylation sites is 2. The monoisotopic (exact) mass is 398 g/mol. The van der Waals surface area contributed by atoms with Gasteiger partial charge in [-0.1, -0.05) is 47.6 Å². The lowest BCUT2D eigenvalue weighted by Crippen LogP contribution is -2.41. The number of benzene rings is 2. The Hall–Kier alpha value is -2.64. The first-order valence-electron chi connectivity index (χ1n) is 8.31. The van der Waals surface area contributed by atoms with E-state index in [1.807, 2.05) is 24.3 Å². The molecule has 2 aromatic carbocycles. The fourth-order valence-corrected chi connectivity index (χ4v) is 3.84. The van der Waals surface area contributed by atoms with Crippen LogP contribution in [0, 0.1) is 0 Å². The van der Waals surface area contributed by atoms with Gasteiger partial charge in [0.1, 0.15) is 11.9 Å². The molecule has 1 N–H and O–H groups in total. The largest absolute Gasteiger partial charge is 0.324 e. The third-order valence-electron chi connectivity index (χ3n) is 4.14. The van der Waals surface area contributed by atoms with Crippen LogP contribution in [0.4, 0.5) is 11.4 Å². The quantitative estimate of drug-likeness (QED) is 0.856. The van der Waals surface area contributed by atoms with Crippen molar-refractivity contribution >= 4 is 57.6 Å². The Balaban J connectivity index is 1.54. The van der Waals surface area contributed by atoms with E-state index in [2.05, 4.69) is 15.3 Å². The van der Waals surface area contributed by atoms with Crippen LogP contribution < -0.4 is 5.32 Å². The maximum atomic E-state index is 12.5. The van der Waals surface area contributed by atoms with Gasteiger partial charge in [0.25, 0.3) is 5.91 Å². The van der Waals surface area contributed by atoms with Crippen LogP contribution in [0.5, 0.6) is 0 Å². The molecular weight excluding hydrogens is 384 g/mol. The summed E-state index contributed by atoms with van der Waals surface area (Å²) in [5, 5.41) is 3.69. The summed E-state index contributed by atoms with van der Waals surface area (Å²) in [5.41, 5.74) is 2.11. The number of nitrogens with zero attached hydrogens (tertiary/aromatic N) is 3. The number of halogens is 1. The summed E-state index contributed by atoms with van der Waals surface area (Å²) in [6, 6.07) is 14.1. The third kappa shape index (κ3) is 3.36. The maximum Gasteiger partial charge on any atom is 0.258 e. The molecule has 0 saturated heterocycles. The van der Waals surface area contributed by atoms with Crippen LogP contribution in [-0.2, 0) is 9.59 Å². The zero-order chi connectivity index (χ0) is 19.0. The Bertz CT molecular complexity index is 1000. The lowest BCUT2D eigenvalue weighted by molar-refractivity contribution is -0.124. The highest BCUT2D eigenvalue weighted by molar-refractivity contribution is 8.14. The first-order chi connectivity index (χ1) is 13.0. The number of fused-ring (bicyclic) bond motifs is 3. The predicted octanol–water partition coefficient (Wildman–Crippen LogP) is 3.69. The minimum atomic E-state index is -0.464. The van der Waals surface area contributed by atoms with Crippen LogP contribution in [0.3, 0.4) is 0 Å². The highest BCUT2D eigenvalue weighted by atomic mass is 35.5. The summed E-state index contributed by atoms with van der Waals surface area (Å²) in [5.74, 6) is 0.315. The summed E-state index contributed by atoms with van der Waals surface area (Å²) in [4.78, 5) is 35.4. The molecule has 0 saturated carbocycles. The van der Waals surface area contributed by atoms with Crippen LogP contribution in [-0.4, -0.2) is 39.5 Å². The molecule has 0 fully saturated rings. The second-order valence-corrected chi connectivity index (χ2v) is 7.38. The third-order valence-corrected chi connectivity index (χ3v) is 5.41. The van der Waals surface area contributed by atoms with E-state index in [4.69, 9.17) is 11.6 Å². The molecule has 0 radical (unpaired) electrons. The van der Waals surface area contributed by atoms with Crippen LogP contribution in [0.2, 0.25) is 5.02 Å². The highest BCUT2D eigenvalue weighted by Crippen LogP contribution is 2.33. The molecule has 2 amide bonds. The molecule has 8 heteroatoms. The van der Waals surface area contributed by atoms with E-state index in [1.165, 1.54) is 16.7 Å². The molecular formula is C19H15ClN4O2S. The van der Waals surface area contributed by atoms with Crippen molar-refractivity contribution in [3.63, 3.8) is 0 Å². The first kappa shape index (κ1) is 17.8. The molecule has 0 aliphatic carbocycles. The number of carbonyl (C=O) groups is 2. The van der Waals surface area contributed by atoms with Crippen LogP contribution in [0.15, 0.2) is 58.5 Å². The molecule has 2 aliphatic rings. The molecule has 0 spiro atoms. The number of thioether (sulfide) groups is 1. The summed E-state index contributed by atoms with van der Waals surface area (Å²) in [6.45, 7) is 1.75. The fraction of sp³-hybridized carbons (Fsp3) is 0.158. The molecule has 1 unspecified atom stereocenters. The van der Waals surface area contributed by atoms with Crippen molar-refractivity contribution in [3.8, 4) is 0 Å². The molecule has 2 heterocycles. The normalized spacial score (nSPS) is 17.8. The Morgan fingerprint density at radius 3 is 2.78 bits per heavy atom. The van der Waals surface area contributed by atoms with E-state index < -0.39 is 6.04 Å². The minimum absolute atomic E-state index is 0.0949. The summed E-state index contributed by atoms with van der Waals surface area (Å²) < 4.78 is 0. The smallest absolute Gasteiger partial charge is 0.258 e. The van der Waals surface area contributed by atoms with Crippen LogP contribution in [0.1, 0.15) is 12.5 Å². The van der Waals surface area contributed by atoms with Crippen molar-refractivity contribution in [2.24, 2.45) is 9.98 Å². The van der Waals surface area contributed by atoms with Gasteiger partial charge in [-0.15, -0.1) is 0 Å². The molecule has 4 rings (SSSR count). The number of rotatable bonds is 3. The molecule has 136 valence electrons. The second kappa shape index (κ2) is 7.17. The zero-order valence-corrected chi connectivity index (χ0v) is 15.9. The van der Waals surface area contributed by atoms with Gasteiger partial charge in [-0.2, -0.15) is 0 Å². The molecule has 0 bridgehead atoms. The predicted molar refractivity (Wildman–Crippen MR) is 109 cm³/mol. The Morgan fingerprint density at radius 1 is 1.22 bits per heavy atom. The van der Waals surface area contributed by atoms with E-state index in [-0.39, 0.29) is 17.6 Å². The van der Waals surface area contributed by atoms with Crippen molar-refractivity contribution in [2.45, 2.75) is 13.0 Å². The van der Waals surface area contributed by atoms with Gasteiger partial charge in [0.15, 0.2) is 5.17 Å². The SMILES string of the molecule is CC1N=C2c3ccccc3N=C(SCC(=O)Nc3ccccc3Cl)N2C1=O. The van der Waals surface area contributed by atoms with E-state index in [0.717, 1.165) is 11.3 Å². The van der Waals surface area contributed by atoms with E-state index in [0.29, 0.717) is 21.7 Å². The number of nitrogens with one attached hydrogen (secondary N) is 1. The zero-order valence-electron chi connectivity index (χ0n) is 14.3.